The van der Waals surface area contributed by atoms with Crippen LogP contribution in [-0.2, 0) is 11.2 Å². The van der Waals surface area contributed by atoms with Gasteiger partial charge in [0.1, 0.15) is 0 Å². The van der Waals surface area contributed by atoms with E-state index in [9.17, 15) is 4.79 Å². The van der Waals surface area contributed by atoms with Crippen LogP contribution in [0.25, 0.3) is 0 Å². The Morgan fingerprint density at radius 2 is 2.38 bits per heavy atom. The fourth-order valence-electron chi connectivity index (χ4n) is 3.54. The van der Waals surface area contributed by atoms with Crippen LogP contribution in [0.5, 0.6) is 0 Å². The fraction of sp³-hybridized carbons (Fsp3) is 0.625. The second kappa shape index (κ2) is 8.84. The molecule has 1 aromatic rings. The summed E-state index contributed by atoms with van der Waals surface area (Å²) in [5.41, 5.74) is 0.103. The van der Waals surface area contributed by atoms with Crippen LogP contribution in [0.2, 0.25) is 0 Å². The number of piperidine rings is 1. The highest BCUT2D eigenvalue weighted by atomic mass is 127. The van der Waals surface area contributed by atoms with Crippen LogP contribution in [0.15, 0.2) is 20.9 Å². The van der Waals surface area contributed by atoms with Gasteiger partial charge < -0.3 is 15.5 Å². The zero-order chi connectivity index (χ0) is 16.3. The molecule has 24 heavy (non-hydrogen) atoms. The molecule has 2 aliphatic rings. The first-order chi connectivity index (χ1) is 11.1. The lowest BCUT2D eigenvalue weighted by molar-refractivity contribution is -0.119. The van der Waals surface area contributed by atoms with Gasteiger partial charge in [0.25, 0.3) is 0 Å². The third-order valence-corrected chi connectivity index (χ3v) is 6.34. The Morgan fingerprint density at radius 1 is 1.54 bits per heavy atom. The molecule has 0 aliphatic carbocycles. The quantitative estimate of drug-likeness (QED) is 0.362. The number of hydrogen-bond donors (Lipinski definition) is 2. The topological polar surface area (TPSA) is 56.7 Å². The maximum atomic E-state index is 11.6. The van der Waals surface area contributed by atoms with Crippen molar-refractivity contribution < 1.29 is 4.79 Å². The summed E-state index contributed by atoms with van der Waals surface area (Å²) in [5, 5.41) is 6.47. The molecular weight excluding hydrogens is 503 g/mol. The van der Waals surface area contributed by atoms with Gasteiger partial charge in [0.05, 0.1) is 3.79 Å². The van der Waals surface area contributed by atoms with Crippen molar-refractivity contribution in [1.82, 2.24) is 15.5 Å². The molecule has 8 heteroatoms. The molecule has 2 fully saturated rings. The van der Waals surface area contributed by atoms with E-state index in [1.54, 1.807) is 11.3 Å². The molecule has 0 radical (unpaired) electrons. The lowest BCUT2D eigenvalue weighted by atomic mass is 9.79. The van der Waals surface area contributed by atoms with E-state index in [0.717, 1.165) is 51.4 Å². The van der Waals surface area contributed by atoms with Crippen LogP contribution in [-0.4, -0.2) is 50.0 Å². The van der Waals surface area contributed by atoms with E-state index in [0.29, 0.717) is 6.42 Å². The second-order valence-corrected chi connectivity index (χ2v) is 8.96. The molecule has 2 N–H and O–H groups in total. The van der Waals surface area contributed by atoms with Gasteiger partial charge >= 0.3 is 0 Å². The van der Waals surface area contributed by atoms with Crippen molar-refractivity contribution >= 4 is 63.1 Å². The summed E-state index contributed by atoms with van der Waals surface area (Å²) in [6.07, 6.45) is 3.90. The minimum Gasteiger partial charge on any atom is -0.356 e. The molecule has 2 aliphatic heterocycles. The minimum atomic E-state index is 0. The Morgan fingerprint density at radius 3 is 3.00 bits per heavy atom. The number of guanidine groups is 1. The van der Waals surface area contributed by atoms with Crippen molar-refractivity contribution in [3.63, 3.8) is 0 Å². The van der Waals surface area contributed by atoms with Crippen molar-refractivity contribution in [2.45, 2.75) is 25.7 Å². The fourth-order valence-corrected chi connectivity index (χ4v) is 5.03. The number of rotatable bonds is 3. The van der Waals surface area contributed by atoms with Gasteiger partial charge in [-0.25, -0.2) is 0 Å². The average Bonchev–Trinajstić information content (AvgIpc) is 3.10. The Labute approximate surface area is 172 Å². The predicted molar refractivity (Wildman–Crippen MR) is 113 cm³/mol. The zero-order valence-electron chi connectivity index (χ0n) is 13.8. The maximum Gasteiger partial charge on any atom is 0.220 e. The van der Waals surface area contributed by atoms with Crippen LogP contribution in [0.3, 0.4) is 0 Å². The first-order valence-electron chi connectivity index (χ1n) is 8.07. The summed E-state index contributed by atoms with van der Waals surface area (Å²) in [6, 6.07) is 4.25. The standard InChI is InChI=1S/C16H23BrN4OS.HI/c1-18-15(19-7-5-12-3-4-13(17)23-12)21-8-2-6-16(11-21)9-14(22)20-10-16;/h3-4H,2,5-11H2,1H3,(H,18,19)(H,20,22);1H. The summed E-state index contributed by atoms with van der Waals surface area (Å²) in [4.78, 5) is 19.7. The van der Waals surface area contributed by atoms with E-state index in [1.807, 2.05) is 7.05 Å². The number of amides is 1. The number of nitrogens with one attached hydrogen (secondary N) is 2. The summed E-state index contributed by atoms with van der Waals surface area (Å²) < 4.78 is 1.17. The van der Waals surface area contributed by atoms with E-state index >= 15 is 0 Å². The monoisotopic (exact) mass is 526 g/mol. The van der Waals surface area contributed by atoms with Crippen molar-refractivity contribution in [3.8, 4) is 0 Å². The molecule has 0 saturated carbocycles. The second-order valence-electron chi connectivity index (χ2n) is 6.41. The molecule has 1 atom stereocenters. The number of hydrogen-bond acceptors (Lipinski definition) is 3. The first-order valence-corrected chi connectivity index (χ1v) is 9.68. The SMILES string of the molecule is CN=C(NCCc1ccc(Br)s1)N1CCCC2(CNC(=O)C2)C1.I. The molecule has 2 saturated heterocycles. The van der Waals surface area contributed by atoms with Crippen LogP contribution >= 0.6 is 51.2 Å². The molecule has 3 heterocycles. The predicted octanol–water partition coefficient (Wildman–Crippen LogP) is 2.85. The average molecular weight is 527 g/mol. The molecule has 134 valence electrons. The molecule has 0 aromatic carbocycles. The van der Waals surface area contributed by atoms with E-state index in [-0.39, 0.29) is 35.3 Å². The highest BCUT2D eigenvalue weighted by Gasteiger charge is 2.42. The molecule has 0 bridgehead atoms. The van der Waals surface area contributed by atoms with Gasteiger partial charge in [-0.05, 0) is 47.3 Å². The Kier molecular flexibility index (Phi) is 7.36. The number of likely N-dealkylation sites (tertiary alicyclic amines) is 1. The minimum absolute atomic E-state index is 0. The highest BCUT2D eigenvalue weighted by molar-refractivity contribution is 14.0. The van der Waals surface area contributed by atoms with Crippen molar-refractivity contribution in [3.05, 3.63) is 20.8 Å². The Balaban J connectivity index is 0.00000208. The van der Waals surface area contributed by atoms with E-state index < -0.39 is 0 Å². The summed E-state index contributed by atoms with van der Waals surface area (Å²) in [6.45, 7) is 3.61. The third kappa shape index (κ3) is 4.85. The van der Waals surface area contributed by atoms with Crippen LogP contribution < -0.4 is 10.6 Å². The largest absolute Gasteiger partial charge is 0.356 e. The molecule has 5 nitrogen and oxygen atoms in total. The molecule has 1 spiro atoms. The van der Waals surface area contributed by atoms with Crippen molar-refractivity contribution in [2.75, 3.05) is 33.2 Å². The zero-order valence-corrected chi connectivity index (χ0v) is 18.5. The smallest absolute Gasteiger partial charge is 0.220 e. The third-order valence-electron chi connectivity index (χ3n) is 4.65. The van der Waals surface area contributed by atoms with Gasteiger partial charge in [-0.3, -0.25) is 9.79 Å². The molecule has 1 aromatic heterocycles. The number of aliphatic imine (C=N–C) groups is 1. The van der Waals surface area contributed by atoms with Gasteiger partial charge in [-0.15, -0.1) is 35.3 Å². The van der Waals surface area contributed by atoms with Gasteiger partial charge in [-0.1, -0.05) is 0 Å². The number of thiophene rings is 1. The van der Waals surface area contributed by atoms with Gasteiger partial charge in [0, 0.05) is 49.9 Å². The summed E-state index contributed by atoms with van der Waals surface area (Å²) in [7, 11) is 1.84. The van der Waals surface area contributed by atoms with Crippen LogP contribution in [0, 0.1) is 5.41 Å². The van der Waals surface area contributed by atoms with Gasteiger partial charge in [0.2, 0.25) is 5.91 Å². The van der Waals surface area contributed by atoms with Crippen LogP contribution in [0.4, 0.5) is 0 Å². The first kappa shape index (κ1) is 20.0. The normalized spacial score (nSPS) is 24.0. The van der Waals surface area contributed by atoms with Gasteiger partial charge in [0.15, 0.2) is 5.96 Å². The van der Waals surface area contributed by atoms with E-state index in [2.05, 4.69) is 48.6 Å². The molecule has 1 unspecified atom stereocenters. The number of nitrogens with zero attached hydrogens (tertiary/aromatic N) is 2. The van der Waals surface area contributed by atoms with Gasteiger partial charge in [-0.2, -0.15) is 0 Å². The summed E-state index contributed by atoms with van der Waals surface area (Å²) >= 11 is 5.28. The highest BCUT2D eigenvalue weighted by Crippen LogP contribution is 2.35. The molecule has 3 rings (SSSR count). The maximum absolute atomic E-state index is 11.6. The van der Waals surface area contributed by atoms with Crippen molar-refractivity contribution in [2.24, 2.45) is 10.4 Å². The Bertz CT molecular complexity index is 609. The number of halogens is 2. The molecule has 1 amide bonds. The summed E-state index contributed by atoms with van der Waals surface area (Å²) in [5.74, 6) is 1.15. The van der Waals surface area contributed by atoms with Crippen LogP contribution in [0.1, 0.15) is 24.1 Å². The number of carbonyl (C=O) groups excluding carboxylic acids is 1. The van der Waals surface area contributed by atoms with E-state index in [1.165, 1.54) is 8.66 Å². The van der Waals surface area contributed by atoms with Crippen molar-refractivity contribution in [1.29, 1.82) is 0 Å². The van der Waals surface area contributed by atoms with E-state index in [4.69, 9.17) is 0 Å². The lowest BCUT2D eigenvalue weighted by Gasteiger charge is -2.40. The Hall–Kier alpha value is -0.350. The number of carbonyl (C=O) groups is 1. The lowest BCUT2D eigenvalue weighted by Crippen LogP contribution is -2.51. The molecular formula is C16H24BrIN4OS.